The van der Waals surface area contributed by atoms with Gasteiger partial charge >= 0.3 is 11.9 Å². The van der Waals surface area contributed by atoms with Gasteiger partial charge < -0.3 is 23.8 Å². The lowest BCUT2D eigenvalue weighted by Crippen LogP contribution is -2.49. The summed E-state index contributed by atoms with van der Waals surface area (Å²) in [5.74, 6) is -0.260. The molecule has 2 N–H and O–H groups in total. The molecule has 0 heterocycles. The molecule has 0 amide bonds. The van der Waals surface area contributed by atoms with Gasteiger partial charge in [-0.05, 0) is 76.4 Å². The Morgan fingerprint density at radius 1 is 0.600 bits per heavy atom. The average molecular weight is 551 g/mol. The van der Waals surface area contributed by atoms with E-state index in [4.69, 9.17) is 23.8 Å². The van der Waals surface area contributed by atoms with Gasteiger partial charge in [0.2, 0.25) is 0 Å². The summed E-state index contributed by atoms with van der Waals surface area (Å²) >= 11 is 0. The summed E-state index contributed by atoms with van der Waals surface area (Å²) in [6.45, 7) is 15.3. The number of rotatable bonds is 22. The van der Waals surface area contributed by atoms with Crippen LogP contribution in [0.1, 0.15) is 64.2 Å². The standard InChI is InChI=1S/C25H54O7Si3/c1-33(2,21-13-7-15-24(28)30-19-11-9-17-26)23-35(5,6)32-34(3,4)22-14-8-16-25(29)31-20-12-10-18-27/h26-27H,7-23H2,1-6H3. The highest BCUT2D eigenvalue weighted by molar-refractivity contribution is 6.96. The van der Waals surface area contributed by atoms with Gasteiger partial charge in [-0.25, -0.2) is 0 Å². The van der Waals surface area contributed by atoms with Crippen LogP contribution in [0.2, 0.25) is 57.0 Å². The number of aliphatic hydroxyl groups excluding tert-OH is 2. The molecule has 0 atom stereocenters. The molecule has 0 aromatic carbocycles. The second-order valence-corrected chi connectivity index (χ2v) is 26.3. The van der Waals surface area contributed by atoms with Gasteiger partial charge in [0.15, 0.2) is 16.6 Å². The Labute approximate surface area is 217 Å². The normalized spacial score (nSPS) is 12.6. The Morgan fingerprint density at radius 2 is 1.06 bits per heavy atom. The molecule has 0 bridgehead atoms. The third kappa shape index (κ3) is 21.3. The molecular formula is C25H54O7Si3. The molecule has 0 aromatic rings. The fourth-order valence-corrected chi connectivity index (χ4v) is 24.3. The first-order valence-corrected chi connectivity index (χ1v) is 23.2. The minimum atomic E-state index is -1.79. The first-order valence-electron chi connectivity index (χ1n) is 13.6. The predicted molar refractivity (Wildman–Crippen MR) is 150 cm³/mol. The first kappa shape index (κ1) is 34.5. The molecule has 0 aliphatic rings. The zero-order valence-corrected chi connectivity index (χ0v) is 26.5. The molecule has 10 heteroatoms. The van der Waals surface area contributed by atoms with E-state index < -0.39 is 24.7 Å². The maximum absolute atomic E-state index is 11.8. The van der Waals surface area contributed by atoms with Crippen LogP contribution in [0, 0.1) is 0 Å². The average Bonchev–Trinajstić information content (AvgIpc) is 2.73. The molecule has 0 rings (SSSR count). The van der Waals surface area contributed by atoms with Crippen molar-refractivity contribution in [3.05, 3.63) is 0 Å². The largest absolute Gasteiger partial charge is 0.466 e. The van der Waals surface area contributed by atoms with Crippen LogP contribution in [0.3, 0.4) is 0 Å². The van der Waals surface area contributed by atoms with Crippen LogP contribution < -0.4 is 0 Å². The number of unbranched alkanes of at least 4 members (excludes halogenated alkanes) is 4. The maximum atomic E-state index is 11.8. The smallest absolute Gasteiger partial charge is 0.305 e. The molecule has 208 valence electrons. The molecule has 0 aromatic heterocycles. The summed E-state index contributed by atoms with van der Waals surface area (Å²) in [5, 5.41) is 17.5. The maximum Gasteiger partial charge on any atom is 0.305 e. The lowest BCUT2D eigenvalue weighted by molar-refractivity contribution is -0.144. The number of esters is 2. The van der Waals surface area contributed by atoms with Gasteiger partial charge in [0, 0.05) is 34.1 Å². The minimum Gasteiger partial charge on any atom is -0.466 e. The van der Waals surface area contributed by atoms with Crippen LogP contribution in [0.4, 0.5) is 0 Å². The van der Waals surface area contributed by atoms with Crippen LogP contribution in [0.5, 0.6) is 0 Å². The number of aliphatic hydroxyl groups is 2. The van der Waals surface area contributed by atoms with Gasteiger partial charge in [-0.1, -0.05) is 32.0 Å². The van der Waals surface area contributed by atoms with Gasteiger partial charge in [-0.2, -0.15) is 0 Å². The van der Waals surface area contributed by atoms with E-state index in [1.807, 2.05) is 0 Å². The van der Waals surface area contributed by atoms with Gasteiger partial charge in [-0.15, -0.1) is 0 Å². The summed E-state index contributed by atoms with van der Waals surface area (Å²) in [7, 11) is -5.00. The Balaban J connectivity index is 4.21. The van der Waals surface area contributed by atoms with Crippen molar-refractivity contribution in [1.82, 2.24) is 0 Å². The number of hydrogen-bond acceptors (Lipinski definition) is 7. The Hall–Kier alpha value is -0.529. The molecule has 0 saturated carbocycles. The zero-order valence-electron chi connectivity index (χ0n) is 23.5. The number of carbonyl (C=O) groups excluding carboxylic acids is 2. The van der Waals surface area contributed by atoms with Gasteiger partial charge in [0.1, 0.15) is 0 Å². The topological polar surface area (TPSA) is 102 Å². The molecular weight excluding hydrogens is 497 g/mol. The molecule has 0 aliphatic heterocycles. The fraction of sp³-hybridized carbons (Fsp3) is 0.920. The van der Waals surface area contributed by atoms with E-state index in [1.165, 1.54) is 11.7 Å². The summed E-state index contributed by atoms with van der Waals surface area (Å²) in [4.78, 5) is 23.6. The van der Waals surface area contributed by atoms with Crippen LogP contribution in [-0.4, -0.2) is 73.3 Å². The second-order valence-electron chi connectivity index (χ2n) is 11.7. The SMILES string of the molecule is C[Si](C)(CCCCC(=O)OCCCCO)C[Si](C)(C)O[Si](C)(C)CCCCC(=O)OCCCCO. The number of carbonyl (C=O) groups is 2. The molecule has 0 radical (unpaired) electrons. The summed E-state index contributed by atoms with van der Waals surface area (Å²) in [5.41, 5.74) is 1.22. The lowest BCUT2D eigenvalue weighted by atomic mass is 10.2. The molecule has 0 saturated heterocycles. The fourth-order valence-electron chi connectivity index (χ4n) is 4.71. The van der Waals surface area contributed by atoms with Crippen LogP contribution in [-0.2, 0) is 23.2 Å². The van der Waals surface area contributed by atoms with Gasteiger partial charge in [0.25, 0.3) is 0 Å². The number of hydrogen-bond donors (Lipinski definition) is 2. The monoisotopic (exact) mass is 550 g/mol. The lowest BCUT2D eigenvalue weighted by Gasteiger charge is -2.38. The Morgan fingerprint density at radius 3 is 1.51 bits per heavy atom. The zero-order chi connectivity index (χ0) is 26.8. The number of ether oxygens (including phenoxy) is 2. The van der Waals surface area contributed by atoms with Crippen molar-refractivity contribution in [3.8, 4) is 0 Å². The summed E-state index contributed by atoms with van der Waals surface area (Å²) in [6.07, 6.45) is 7.50. The van der Waals surface area contributed by atoms with Crippen LogP contribution >= 0.6 is 0 Å². The van der Waals surface area contributed by atoms with Crippen molar-refractivity contribution in [2.24, 2.45) is 0 Å². The highest BCUT2D eigenvalue weighted by Gasteiger charge is 2.37. The van der Waals surface area contributed by atoms with Gasteiger partial charge in [0.05, 0.1) is 13.2 Å². The Kier molecular flexibility index (Phi) is 18.4. The Bertz CT molecular complexity index is 535. The van der Waals surface area contributed by atoms with Crippen molar-refractivity contribution in [2.45, 2.75) is 121 Å². The van der Waals surface area contributed by atoms with E-state index in [2.05, 4.69) is 39.3 Å². The van der Waals surface area contributed by atoms with E-state index in [1.54, 1.807) is 0 Å². The molecule has 0 fully saturated rings. The first-order chi connectivity index (χ1) is 16.3. The molecule has 0 spiro atoms. The predicted octanol–water partition coefficient (Wildman–Crippen LogP) is 5.63. The third-order valence-electron chi connectivity index (χ3n) is 5.98. The van der Waals surface area contributed by atoms with Crippen LogP contribution in [0.25, 0.3) is 0 Å². The van der Waals surface area contributed by atoms with Crippen molar-refractivity contribution in [1.29, 1.82) is 0 Å². The van der Waals surface area contributed by atoms with Crippen molar-refractivity contribution in [3.63, 3.8) is 0 Å². The molecule has 7 nitrogen and oxygen atoms in total. The van der Waals surface area contributed by atoms with Crippen molar-refractivity contribution >= 4 is 36.6 Å². The highest BCUT2D eigenvalue weighted by Crippen LogP contribution is 2.30. The molecule has 0 aliphatic carbocycles. The third-order valence-corrected chi connectivity index (χ3v) is 20.9. The van der Waals surface area contributed by atoms with E-state index in [-0.39, 0.29) is 25.2 Å². The molecule has 0 unspecified atom stereocenters. The van der Waals surface area contributed by atoms with Crippen molar-refractivity contribution in [2.75, 3.05) is 26.4 Å². The van der Waals surface area contributed by atoms with Gasteiger partial charge in [-0.3, -0.25) is 9.59 Å². The van der Waals surface area contributed by atoms with Crippen molar-refractivity contribution < 1.29 is 33.4 Å². The van der Waals surface area contributed by atoms with E-state index >= 15 is 0 Å². The highest BCUT2D eigenvalue weighted by atomic mass is 28.4. The quantitative estimate of drug-likeness (QED) is 0.102. The summed E-state index contributed by atoms with van der Waals surface area (Å²) in [6, 6.07) is 2.26. The van der Waals surface area contributed by atoms with E-state index in [0.717, 1.165) is 38.1 Å². The van der Waals surface area contributed by atoms with Crippen LogP contribution in [0.15, 0.2) is 0 Å². The van der Waals surface area contributed by atoms with E-state index in [0.29, 0.717) is 45.3 Å². The minimum absolute atomic E-state index is 0.122. The molecule has 35 heavy (non-hydrogen) atoms. The second kappa shape index (κ2) is 18.7. The summed E-state index contributed by atoms with van der Waals surface area (Å²) < 4.78 is 17.3. The van der Waals surface area contributed by atoms with E-state index in [9.17, 15) is 9.59 Å².